The van der Waals surface area contributed by atoms with Crippen molar-refractivity contribution in [3.8, 4) is 5.75 Å². The molecule has 0 aliphatic heterocycles. The minimum absolute atomic E-state index is 0.0855. The Morgan fingerprint density at radius 2 is 2.05 bits per heavy atom. The predicted molar refractivity (Wildman–Crippen MR) is 85.7 cm³/mol. The summed E-state index contributed by atoms with van der Waals surface area (Å²) in [5.41, 5.74) is 5.73. The third-order valence-corrected chi connectivity index (χ3v) is 2.91. The molecule has 0 aliphatic rings. The molecule has 0 radical (unpaired) electrons. The SMILES string of the molecule is CCC/C(Cl)=C(\N=C(N)Cl)Oc1ccccc1C(=O)NC. The number of nitrogens with two attached hydrogens (primary N) is 1. The Kier molecular flexibility index (Phi) is 7.05. The largest absolute Gasteiger partial charge is 0.437 e. The van der Waals surface area contributed by atoms with Crippen LogP contribution in [0.2, 0.25) is 0 Å². The van der Waals surface area contributed by atoms with Gasteiger partial charge in [0.2, 0.25) is 5.88 Å². The predicted octanol–water partition coefficient (Wildman–Crippen LogP) is 3.19. The van der Waals surface area contributed by atoms with E-state index in [9.17, 15) is 4.79 Å². The fourth-order valence-corrected chi connectivity index (χ4v) is 1.89. The summed E-state index contributed by atoms with van der Waals surface area (Å²) in [4.78, 5) is 15.7. The van der Waals surface area contributed by atoms with Crippen molar-refractivity contribution < 1.29 is 9.53 Å². The van der Waals surface area contributed by atoms with E-state index >= 15 is 0 Å². The van der Waals surface area contributed by atoms with E-state index in [2.05, 4.69) is 10.3 Å². The number of para-hydroxylation sites is 1. The highest BCUT2D eigenvalue weighted by Crippen LogP contribution is 2.25. The summed E-state index contributed by atoms with van der Waals surface area (Å²) in [6.45, 7) is 1.96. The molecule has 1 amide bonds. The molecular formula is C14H17Cl2N3O2. The van der Waals surface area contributed by atoms with Gasteiger partial charge in [-0.1, -0.05) is 37.1 Å². The first-order valence-electron chi connectivity index (χ1n) is 6.36. The number of halogens is 2. The summed E-state index contributed by atoms with van der Waals surface area (Å²) < 4.78 is 5.63. The van der Waals surface area contributed by atoms with Gasteiger partial charge in [0.15, 0.2) is 5.29 Å². The number of carbonyl (C=O) groups is 1. The first-order chi connectivity index (χ1) is 9.99. The number of amidine groups is 1. The number of hydrogen-bond acceptors (Lipinski definition) is 3. The van der Waals surface area contributed by atoms with Crippen LogP contribution >= 0.6 is 23.2 Å². The average molecular weight is 330 g/mol. The van der Waals surface area contributed by atoms with Crippen molar-refractivity contribution in [3.05, 3.63) is 40.7 Å². The number of allylic oxidation sites excluding steroid dienone is 1. The molecule has 0 aliphatic carbocycles. The number of aliphatic imine (C=N–C) groups is 1. The zero-order valence-electron chi connectivity index (χ0n) is 11.8. The lowest BCUT2D eigenvalue weighted by Crippen LogP contribution is -2.19. The number of benzene rings is 1. The first kappa shape index (κ1) is 17.3. The van der Waals surface area contributed by atoms with Gasteiger partial charge in [0.05, 0.1) is 10.6 Å². The van der Waals surface area contributed by atoms with Crippen molar-refractivity contribution in [1.29, 1.82) is 0 Å². The molecule has 1 rings (SSSR count). The van der Waals surface area contributed by atoms with Crippen LogP contribution in [-0.4, -0.2) is 18.2 Å². The van der Waals surface area contributed by atoms with Crippen molar-refractivity contribution in [1.82, 2.24) is 5.32 Å². The van der Waals surface area contributed by atoms with Gasteiger partial charge in [0, 0.05) is 7.05 Å². The van der Waals surface area contributed by atoms with E-state index < -0.39 is 0 Å². The van der Waals surface area contributed by atoms with Crippen LogP contribution in [0.25, 0.3) is 0 Å². The zero-order valence-corrected chi connectivity index (χ0v) is 13.3. The Balaban J connectivity index is 3.19. The fourth-order valence-electron chi connectivity index (χ4n) is 1.54. The molecule has 1 aromatic rings. The van der Waals surface area contributed by atoms with Crippen LogP contribution in [0.1, 0.15) is 30.1 Å². The minimum Gasteiger partial charge on any atom is -0.437 e. The van der Waals surface area contributed by atoms with E-state index in [4.69, 9.17) is 33.7 Å². The van der Waals surface area contributed by atoms with Crippen LogP contribution in [0.3, 0.4) is 0 Å². The van der Waals surface area contributed by atoms with Crippen molar-refractivity contribution in [2.24, 2.45) is 10.7 Å². The number of nitrogens with zero attached hydrogens (tertiary/aromatic N) is 1. The Morgan fingerprint density at radius 3 is 2.62 bits per heavy atom. The average Bonchev–Trinajstić information content (AvgIpc) is 2.46. The maximum absolute atomic E-state index is 11.8. The molecule has 1 aromatic carbocycles. The number of rotatable bonds is 6. The molecule has 0 saturated carbocycles. The van der Waals surface area contributed by atoms with Gasteiger partial charge in [-0.25, -0.2) is 0 Å². The molecule has 0 bridgehead atoms. The molecule has 3 N–H and O–H groups in total. The molecule has 0 aromatic heterocycles. The quantitative estimate of drug-likeness (QED) is 0.364. The second-order valence-corrected chi connectivity index (χ2v) is 4.92. The Morgan fingerprint density at radius 1 is 1.38 bits per heavy atom. The number of hydrogen-bond donors (Lipinski definition) is 2. The molecule has 5 nitrogen and oxygen atoms in total. The standard InChI is InChI=1S/C14H17Cl2N3O2/c1-3-6-10(15)13(19-14(16)17)21-11-8-5-4-7-9(11)12(20)18-2/h4-5,7-8H,3,6H2,1-2H3,(H2,17,19)(H,18,20)/b13-10-. The molecule has 21 heavy (non-hydrogen) atoms. The lowest BCUT2D eigenvalue weighted by atomic mass is 10.2. The number of amides is 1. The summed E-state index contributed by atoms with van der Waals surface area (Å²) in [6.07, 6.45) is 1.37. The Labute approximate surface area is 133 Å². The van der Waals surface area contributed by atoms with Crippen LogP contribution in [0.4, 0.5) is 0 Å². The smallest absolute Gasteiger partial charge is 0.254 e. The van der Waals surface area contributed by atoms with Crippen LogP contribution in [0.5, 0.6) is 5.75 Å². The van der Waals surface area contributed by atoms with Crippen molar-refractivity contribution in [2.75, 3.05) is 7.05 Å². The fraction of sp³-hybridized carbons (Fsp3) is 0.286. The van der Waals surface area contributed by atoms with E-state index in [1.165, 1.54) is 7.05 Å². The highest BCUT2D eigenvalue weighted by molar-refractivity contribution is 6.64. The maximum Gasteiger partial charge on any atom is 0.254 e. The highest BCUT2D eigenvalue weighted by Gasteiger charge is 2.14. The molecule has 7 heteroatoms. The Hall–Kier alpha value is -1.72. The lowest BCUT2D eigenvalue weighted by molar-refractivity contribution is 0.0960. The number of ether oxygens (including phenoxy) is 1. The maximum atomic E-state index is 11.8. The molecule has 0 saturated heterocycles. The van der Waals surface area contributed by atoms with Gasteiger partial charge in [0.25, 0.3) is 5.91 Å². The number of nitrogens with one attached hydrogen (secondary N) is 1. The second kappa shape index (κ2) is 8.54. The summed E-state index contributed by atoms with van der Waals surface area (Å²) in [6, 6.07) is 6.74. The zero-order chi connectivity index (χ0) is 15.8. The highest BCUT2D eigenvalue weighted by atomic mass is 35.5. The summed E-state index contributed by atoms with van der Waals surface area (Å²) >= 11 is 11.7. The normalized spacial score (nSPS) is 12.7. The van der Waals surface area contributed by atoms with Crippen molar-refractivity contribution in [3.63, 3.8) is 0 Å². The third kappa shape index (κ3) is 5.28. The summed E-state index contributed by atoms with van der Waals surface area (Å²) in [5, 5.41) is 2.72. The monoisotopic (exact) mass is 329 g/mol. The molecular weight excluding hydrogens is 313 g/mol. The summed E-state index contributed by atoms with van der Waals surface area (Å²) in [7, 11) is 1.54. The molecule has 0 heterocycles. The molecule has 0 unspecified atom stereocenters. The van der Waals surface area contributed by atoms with Gasteiger partial charge >= 0.3 is 0 Å². The van der Waals surface area contributed by atoms with Gasteiger partial charge in [-0.05, 0) is 30.2 Å². The Bertz CT molecular complexity index is 567. The van der Waals surface area contributed by atoms with E-state index in [1.54, 1.807) is 24.3 Å². The van der Waals surface area contributed by atoms with E-state index in [1.807, 2.05) is 6.92 Å². The topological polar surface area (TPSA) is 76.7 Å². The van der Waals surface area contributed by atoms with Gasteiger partial charge in [0.1, 0.15) is 5.75 Å². The molecule has 0 atom stereocenters. The van der Waals surface area contributed by atoms with E-state index in [0.29, 0.717) is 22.8 Å². The van der Waals surface area contributed by atoms with Gasteiger partial charge in [-0.15, -0.1) is 0 Å². The molecule has 114 valence electrons. The second-order valence-electron chi connectivity index (χ2n) is 4.07. The minimum atomic E-state index is -0.278. The van der Waals surface area contributed by atoms with E-state index in [0.717, 1.165) is 6.42 Å². The van der Waals surface area contributed by atoms with Crippen LogP contribution in [0, 0.1) is 0 Å². The molecule has 0 spiro atoms. The van der Waals surface area contributed by atoms with E-state index in [-0.39, 0.29) is 17.1 Å². The first-order valence-corrected chi connectivity index (χ1v) is 7.12. The van der Waals surface area contributed by atoms with Gasteiger partial charge in [-0.2, -0.15) is 4.99 Å². The van der Waals surface area contributed by atoms with Crippen LogP contribution < -0.4 is 15.8 Å². The van der Waals surface area contributed by atoms with Crippen LogP contribution in [0.15, 0.2) is 40.2 Å². The van der Waals surface area contributed by atoms with Gasteiger partial charge < -0.3 is 15.8 Å². The van der Waals surface area contributed by atoms with Gasteiger partial charge in [-0.3, -0.25) is 4.79 Å². The van der Waals surface area contributed by atoms with Crippen LogP contribution in [-0.2, 0) is 0 Å². The van der Waals surface area contributed by atoms with Crippen molar-refractivity contribution in [2.45, 2.75) is 19.8 Å². The number of carbonyl (C=O) groups excluding carboxylic acids is 1. The molecule has 0 fully saturated rings. The summed E-state index contributed by atoms with van der Waals surface area (Å²) in [5.74, 6) is 0.129. The van der Waals surface area contributed by atoms with Crippen molar-refractivity contribution >= 4 is 34.4 Å². The lowest BCUT2D eigenvalue weighted by Gasteiger charge is -2.11. The third-order valence-electron chi connectivity index (χ3n) is 2.48.